The number of fused-ring (bicyclic) bond motifs is 1. The molecule has 5 heteroatoms. The number of hydrogen-bond acceptors (Lipinski definition) is 4. The molecule has 1 aliphatic carbocycles. The third kappa shape index (κ3) is 3.20. The Labute approximate surface area is 129 Å². The average molecular weight is 299 g/mol. The minimum absolute atomic E-state index is 0.252. The minimum Gasteiger partial charge on any atom is -0.380 e. The van der Waals surface area contributed by atoms with Crippen molar-refractivity contribution in [3.05, 3.63) is 36.4 Å². The molecular weight excluding hydrogens is 278 g/mol. The highest BCUT2D eigenvalue weighted by atomic mass is 16.3. The van der Waals surface area contributed by atoms with E-state index in [9.17, 15) is 9.90 Å². The van der Waals surface area contributed by atoms with Gasteiger partial charge in [0.15, 0.2) is 0 Å². The summed E-state index contributed by atoms with van der Waals surface area (Å²) in [7, 11) is 0. The minimum atomic E-state index is -1.15. The molecule has 0 saturated heterocycles. The van der Waals surface area contributed by atoms with E-state index < -0.39 is 5.60 Å². The van der Waals surface area contributed by atoms with Gasteiger partial charge in [0.1, 0.15) is 11.4 Å². The molecule has 0 spiro atoms. The Hall–Kier alpha value is -2.14. The van der Waals surface area contributed by atoms with E-state index in [0.717, 1.165) is 29.6 Å². The Morgan fingerprint density at radius 2 is 1.91 bits per heavy atom. The molecule has 1 fully saturated rings. The molecule has 0 unspecified atom stereocenters. The number of carbonyl (C=O) groups is 1. The van der Waals surface area contributed by atoms with Crippen molar-refractivity contribution < 1.29 is 9.90 Å². The number of aromatic nitrogens is 1. The molecular formula is C17H21N3O2. The van der Waals surface area contributed by atoms with Crippen molar-refractivity contribution in [2.45, 2.75) is 31.3 Å². The number of para-hydroxylation sites is 1. The third-order valence-electron chi connectivity index (χ3n) is 4.17. The second kappa shape index (κ2) is 6.32. The van der Waals surface area contributed by atoms with Crippen LogP contribution in [0.4, 0.5) is 5.82 Å². The summed E-state index contributed by atoms with van der Waals surface area (Å²) in [6, 6.07) is 11.9. The SMILES string of the molecule is O=C(NCCNc1ccc2ccccc2n1)C1(O)CCCC1. The number of carbonyl (C=O) groups excluding carboxylic acids is 1. The molecule has 1 aliphatic rings. The highest BCUT2D eigenvalue weighted by Gasteiger charge is 2.38. The first-order chi connectivity index (χ1) is 10.7. The van der Waals surface area contributed by atoms with E-state index in [2.05, 4.69) is 15.6 Å². The lowest BCUT2D eigenvalue weighted by molar-refractivity contribution is -0.139. The summed E-state index contributed by atoms with van der Waals surface area (Å²) in [5, 5.41) is 17.2. The average Bonchev–Trinajstić information content (AvgIpc) is 2.99. The second-order valence-corrected chi connectivity index (χ2v) is 5.81. The van der Waals surface area contributed by atoms with Crippen LogP contribution < -0.4 is 10.6 Å². The predicted octanol–water partition coefficient (Wildman–Crippen LogP) is 2.07. The molecule has 1 saturated carbocycles. The molecule has 1 heterocycles. The van der Waals surface area contributed by atoms with Crippen LogP contribution in [0.3, 0.4) is 0 Å². The van der Waals surface area contributed by atoms with Crippen LogP contribution in [0.25, 0.3) is 10.9 Å². The van der Waals surface area contributed by atoms with E-state index >= 15 is 0 Å². The van der Waals surface area contributed by atoms with Gasteiger partial charge in [-0.25, -0.2) is 4.98 Å². The normalized spacial score (nSPS) is 16.6. The maximum atomic E-state index is 11.9. The molecule has 1 aromatic heterocycles. The van der Waals surface area contributed by atoms with E-state index in [1.54, 1.807) is 0 Å². The first-order valence-corrected chi connectivity index (χ1v) is 7.78. The lowest BCUT2D eigenvalue weighted by Gasteiger charge is -2.20. The first kappa shape index (κ1) is 14.8. The summed E-state index contributed by atoms with van der Waals surface area (Å²) in [6.07, 6.45) is 2.98. The maximum absolute atomic E-state index is 11.9. The zero-order valence-electron chi connectivity index (χ0n) is 12.5. The fraction of sp³-hybridized carbons (Fsp3) is 0.412. The second-order valence-electron chi connectivity index (χ2n) is 5.81. The fourth-order valence-electron chi connectivity index (χ4n) is 2.88. The highest BCUT2D eigenvalue weighted by Crippen LogP contribution is 2.29. The maximum Gasteiger partial charge on any atom is 0.252 e. The van der Waals surface area contributed by atoms with Gasteiger partial charge in [-0.15, -0.1) is 0 Å². The highest BCUT2D eigenvalue weighted by molar-refractivity contribution is 5.85. The smallest absolute Gasteiger partial charge is 0.252 e. The van der Waals surface area contributed by atoms with Crippen molar-refractivity contribution in [2.75, 3.05) is 18.4 Å². The predicted molar refractivity (Wildman–Crippen MR) is 86.7 cm³/mol. The Morgan fingerprint density at radius 1 is 1.14 bits per heavy atom. The molecule has 116 valence electrons. The molecule has 0 aliphatic heterocycles. The van der Waals surface area contributed by atoms with Crippen molar-refractivity contribution in [3.63, 3.8) is 0 Å². The van der Waals surface area contributed by atoms with Crippen LogP contribution in [0.5, 0.6) is 0 Å². The van der Waals surface area contributed by atoms with Gasteiger partial charge in [0.05, 0.1) is 5.52 Å². The zero-order valence-corrected chi connectivity index (χ0v) is 12.5. The van der Waals surface area contributed by atoms with E-state index in [1.807, 2.05) is 36.4 Å². The van der Waals surface area contributed by atoms with Crippen molar-refractivity contribution in [1.82, 2.24) is 10.3 Å². The van der Waals surface area contributed by atoms with Gasteiger partial charge in [-0.1, -0.05) is 18.2 Å². The summed E-state index contributed by atoms with van der Waals surface area (Å²) < 4.78 is 0. The van der Waals surface area contributed by atoms with Gasteiger partial charge in [0, 0.05) is 18.5 Å². The van der Waals surface area contributed by atoms with E-state index in [4.69, 9.17) is 0 Å². The molecule has 0 bridgehead atoms. The zero-order chi connectivity index (χ0) is 15.4. The van der Waals surface area contributed by atoms with Crippen LogP contribution in [-0.2, 0) is 4.79 Å². The van der Waals surface area contributed by atoms with E-state index in [0.29, 0.717) is 25.9 Å². The Morgan fingerprint density at radius 3 is 2.73 bits per heavy atom. The molecule has 1 amide bonds. The number of anilines is 1. The molecule has 22 heavy (non-hydrogen) atoms. The summed E-state index contributed by atoms with van der Waals surface area (Å²) in [6.45, 7) is 1.04. The number of aliphatic hydroxyl groups is 1. The Bertz CT molecular complexity index is 666. The van der Waals surface area contributed by atoms with Crippen LogP contribution >= 0.6 is 0 Å². The summed E-state index contributed by atoms with van der Waals surface area (Å²) in [4.78, 5) is 16.5. The molecule has 2 aromatic rings. The van der Waals surface area contributed by atoms with Crippen molar-refractivity contribution >= 4 is 22.6 Å². The Balaban J connectivity index is 1.49. The number of hydrogen-bond donors (Lipinski definition) is 3. The number of benzene rings is 1. The van der Waals surface area contributed by atoms with E-state index in [1.165, 1.54) is 0 Å². The standard InChI is InChI=1S/C17H21N3O2/c21-16(17(22)9-3-4-10-17)19-12-11-18-15-8-7-13-5-1-2-6-14(13)20-15/h1-2,5-8,22H,3-4,9-12H2,(H,18,20)(H,19,21). The summed E-state index contributed by atoms with van der Waals surface area (Å²) >= 11 is 0. The van der Waals surface area contributed by atoms with Gasteiger partial charge in [-0.2, -0.15) is 0 Å². The number of rotatable bonds is 5. The van der Waals surface area contributed by atoms with Crippen molar-refractivity contribution in [3.8, 4) is 0 Å². The van der Waals surface area contributed by atoms with Crippen LogP contribution in [0.15, 0.2) is 36.4 Å². The van der Waals surface area contributed by atoms with Gasteiger partial charge in [-0.05, 0) is 43.9 Å². The molecule has 0 atom stereocenters. The first-order valence-electron chi connectivity index (χ1n) is 7.78. The molecule has 3 N–H and O–H groups in total. The lowest BCUT2D eigenvalue weighted by Crippen LogP contribution is -2.46. The molecule has 1 aromatic carbocycles. The van der Waals surface area contributed by atoms with Gasteiger partial charge in [0.2, 0.25) is 0 Å². The monoisotopic (exact) mass is 299 g/mol. The molecule has 5 nitrogen and oxygen atoms in total. The quantitative estimate of drug-likeness (QED) is 0.739. The number of nitrogens with one attached hydrogen (secondary N) is 2. The number of pyridine rings is 1. The van der Waals surface area contributed by atoms with Crippen LogP contribution in [0.1, 0.15) is 25.7 Å². The van der Waals surface area contributed by atoms with Gasteiger partial charge >= 0.3 is 0 Å². The fourth-order valence-corrected chi connectivity index (χ4v) is 2.88. The van der Waals surface area contributed by atoms with Gasteiger partial charge < -0.3 is 15.7 Å². The molecule has 0 radical (unpaired) electrons. The lowest BCUT2D eigenvalue weighted by atomic mass is 10.0. The number of nitrogens with zero attached hydrogens (tertiary/aromatic N) is 1. The van der Waals surface area contributed by atoms with Crippen LogP contribution in [-0.4, -0.2) is 34.7 Å². The largest absolute Gasteiger partial charge is 0.380 e. The van der Waals surface area contributed by atoms with Gasteiger partial charge in [0.25, 0.3) is 5.91 Å². The summed E-state index contributed by atoms with van der Waals surface area (Å²) in [5.41, 5.74) is -0.210. The Kier molecular flexibility index (Phi) is 4.24. The van der Waals surface area contributed by atoms with Crippen molar-refractivity contribution in [1.29, 1.82) is 0 Å². The summed E-state index contributed by atoms with van der Waals surface area (Å²) in [5.74, 6) is 0.533. The third-order valence-corrected chi connectivity index (χ3v) is 4.17. The number of amides is 1. The topological polar surface area (TPSA) is 74.2 Å². The van der Waals surface area contributed by atoms with Crippen molar-refractivity contribution in [2.24, 2.45) is 0 Å². The van der Waals surface area contributed by atoms with Gasteiger partial charge in [-0.3, -0.25) is 4.79 Å². The van der Waals surface area contributed by atoms with E-state index in [-0.39, 0.29) is 5.91 Å². The van der Waals surface area contributed by atoms with Crippen LogP contribution in [0, 0.1) is 0 Å². The molecule has 3 rings (SSSR count). The van der Waals surface area contributed by atoms with Crippen LogP contribution in [0.2, 0.25) is 0 Å².